The third-order valence-corrected chi connectivity index (χ3v) is 1.81. The number of hydrogen-bond donors (Lipinski definition) is 1. The molecule has 0 spiro atoms. The summed E-state index contributed by atoms with van der Waals surface area (Å²) in [6.45, 7) is 2.16. The fourth-order valence-electron chi connectivity index (χ4n) is 0.322. The van der Waals surface area contributed by atoms with Gasteiger partial charge in [0.25, 0.3) is 3.79 Å². The van der Waals surface area contributed by atoms with Crippen LogP contribution in [0.4, 0.5) is 0 Å². The number of nitrogens with one attached hydrogen (secondary N) is 1. The van der Waals surface area contributed by atoms with Crippen LogP contribution < -0.4 is 0 Å². The van der Waals surface area contributed by atoms with Crippen molar-refractivity contribution in [3.05, 3.63) is 9.66 Å². The van der Waals surface area contributed by atoms with Gasteiger partial charge in [0.2, 0.25) is 5.90 Å². The maximum absolute atomic E-state index is 7.13. The minimum absolute atomic E-state index is 0.252. The lowest BCUT2D eigenvalue weighted by atomic mass is 10.5. The Morgan fingerprint density at radius 3 is 2.42 bits per heavy atom. The second-order valence-corrected chi connectivity index (χ2v) is 5.91. The van der Waals surface area contributed by atoms with Crippen LogP contribution in [0.5, 0.6) is 0 Å². The summed E-state index contributed by atoms with van der Waals surface area (Å²) in [5, 5.41) is 7.13. The standard InChI is InChI=1S/C6H7Cl3INO/c1-4(10)2-3-12-5(11)6(7,8)9/h2,11H,3H2,1H3/b4-2-,11-5?. The van der Waals surface area contributed by atoms with Gasteiger partial charge in [-0.05, 0) is 39.2 Å². The average molecular weight is 342 g/mol. The van der Waals surface area contributed by atoms with Gasteiger partial charge >= 0.3 is 0 Å². The van der Waals surface area contributed by atoms with E-state index >= 15 is 0 Å². The minimum atomic E-state index is -1.76. The number of ether oxygens (including phenoxy) is 1. The van der Waals surface area contributed by atoms with Crippen molar-refractivity contribution >= 4 is 63.3 Å². The summed E-state index contributed by atoms with van der Waals surface area (Å²) >= 11 is 18.2. The number of rotatable bonds is 2. The summed E-state index contributed by atoms with van der Waals surface area (Å²) < 4.78 is 4.13. The first kappa shape index (κ1) is 12.8. The van der Waals surface area contributed by atoms with Crippen LogP contribution in [0.3, 0.4) is 0 Å². The average Bonchev–Trinajstić information content (AvgIpc) is 1.84. The fourth-order valence-corrected chi connectivity index (χ4v) is 0.665. The smallest absolute Gasteiger partial charge is 0.265 e. The van der Waals surface area contributed by atoms with E-state index in [0.29, 0.717) is 0 Å². The van der Waals surface area contributed by atoms with Crippen LogP contribution in [0.2, 0.25) is 0 Å². The molecule has 0 atom stereocenters. The maximum atomic E-state index is 7.13. The van der Waals surface area contributed by atoms with Gasteiger partial charge in [-0.2, -0.15) is 0 Å². The molecule has 0 aromatic heterocycles. The summed E-state index contributed by atoms with van der Waals surface area (Å²) in [5.74, 6) is -0.360. The van der Waals surface area contributed by atoms with Crippen molar-refractivity contribution in [2.24, 2.45) is 0 Å². The normalized spacial score (nSPS) is 12.9. The van der Waals surface area contributed by atoms with Gasteiger partial charge in [0.05, 0.1) is 0 Å². The van der Waals surface area contributed by atoms with Crippen molar-refractivity contribution in [1.29, 1.82) is 5.41 Å². The molecule has 0 unspecified atom stereocenters. The van der Waals surface area contributed by atoms with Gasteiger partial charge in [0.1, 0.15) is 6.61 Å². The van der Waals surface area contributed by atoms with E-state index in [9.17, 15) is 0 Å². The number of halogens is 4. The fraction of sp³-hybridized carbons (Fsp3) is 0.500. The quantitative estimate of drug-likeness (QED) is 0.353. The molecule has 6 heteroatoms. The number of allylic oxidation sites excluding steroid dienone is 1. The zero-order valence-corrected chi connectivity index (χ0v) is 10.6. The molecule has 0 amide bonds. The highest BCUT2D eigenvalue weighted by Crippen LogP contribution is 2.27. The lowest BCUT2D eigenvalue weighted by Gasteiger charge is -2.11. The van der Waals surface area contributed by atoms with Crippen LogP contribution in [0, 0.1) is 5.41 Å². The highest BCUT2D eigenvalue weighted by Gasteiger charge is 2.28. The van der Waals surface area contributed by atoms with Crippen LogP contribution in [-0.4, -0.2) is 16.3 Å². The van der Waals surface area contributed by atoms with E-state index in [1.807, 2.05) is 6.92 Å². The van der Waals surface area contributed by atoms with Gasteiger partial charge in [-0.25, -0.2) is 0 Å². The lowest BCUT2D eigenvalue weighted by Crippen LogP contribution is -2.21. The van der Waals surface area contributed by atoms with Gasteiger partial charge in [-0.1, -0.05) is 34.8 Å². The van der Waals surface area contributed by atoms with Crippen LogP contribution in [0.25, 0.3) is 0 Å². The molecule has 0 aliphatic heterocycles. The molecule has 70 valence electrons. The molecule has 0 aromatic rings. The first-order valence-corrected chi connectivity index (χ1v) is 5.16. The van der Waals surface area contributed by atoms with Crippen molar-refractivity contribution in [2.75, 3.05) is 6.61 Å². The molecule has 0 aromatic carbocycles. The van der Waals surface area contributed by atoms with Gasteiger partial charge in [-0.3, -0.25) is 5.41 Å². The molecular formula is C6H7Cl3INO. The highest BCUT2D eigenvalue weighted by atomic mass is 127. The molecule has 0 heterocycles. The summed E-state index contributed by atoms with van der Waals surface area (Å²) in [5.41, 5.74) is 0. The van der Waals surface area contributed by atoms with E-state index < -0.39 is 3.79 Å². The van der Waals surface area contributed by atoms with E-state index in [4.69, 9.17) is 44.9 Å². The van der Waals surface area contributed by atoms with E-state index in [1.54, 1.807) is 6.08 Å². The predicted molar refractivity (Wildman–Crippen MR) is 61.7 cm³/mol. The van der Waals surface area contributed by atoms with Crippen molar-refractivity contribution in [3.63, 3.8) is 0 Å². The van der Waals surface area contributed by atoms with Gasteiger partial charge in [0, 0.05) is 0 Å². The van der Waals surface area contributed by atoms with Crippen LogP contribution in [0.1, 0.15) is 6.92 Å². The summed E-state index contributed by atoms with van der Waals surface area (Å²) in [6, 6.07) is 0. The molecule has 0 rings (SSSR count). The molecule has 0 saturated carbocycles. The summed E-state index contributed by atoms with van der Waals surface area (Å²) in [7, 11) is 0. The summed E-state index contributed by atoms with van der Waals surface area (Å²) in [4.78, 5) is 0. The topological polar surface area (TPSA) is 33.1 Å². The van der Waals surface area contributed by atoms with Crippen molar-refractivity contribution < 1.29 is 4.74 Å². The number of hydrogen-bond acceptors (Lipinski definition) is 2. The first-order valence-electron chi connectivity index (χ1n) is 2.95. The Hall–Kier alpha value is 0.810. The highest BCUT2D eigenvalue weighted by molar-refractivity contribution is 14.1. The van der Waals surface area contributed by atoms with E-state index in [-0.39, 0.29) is 12.5 Å². The van der Waals surface area contributed by atoms with Crippen LogP contribution >= 0.6 is 57.4 Å². The Balaban J connectivity index is 3.82. The lowest BCUT2D eigenvalue weighted by molar-refractivity contribution is 0.340. The Bertz CT molecular complexity index is 195. The van der Waals surface area contributed by atoms with E-state index in [2.05, 4.69) is 22.6 Å². The zero-order valence-electron chi connectivity index (χ0n) is 6.20. The maximum Gasteiger partial charge on any atom is 0.265 e. The second-order valence-electron chi connectivity index (χ2n) is 1.93. The van der Waals surface area contributed by atoms with Crippen LogP contribution in [0.15, 0.2) is 9.66 Å². The van der Waals surface area contributed by atoms with Gasteiger partial charge in [0.15, 0.2) is 0 Å². The molecule has 1 N–H and O–H groups in total. The van der Waals surface area contributed by atoms with Crippen LogP contribution in [-0.2, 0) is 4.74 Å². The molecule has 0 aliphatic rings. The molecule has 0 radical (unpaired) electrons. The summed E-state index contributed by atoms with van der Waals surface area (Å²) in [6.07, 6.45) is 1.78. The molecule has 0 aliphatic carbocycles. The molecule has 0 saturated heterocycles. The largest absolute Gasteiger partial charge is 0.474 e. The minimum Gasteiger partial charge on any atom is -0.474 e. The second kappa shape index (κ2) is 5.52. The Labute approximate surface area is 99.8 Å². The monoisotopic (exact) mass is 341 g/mol. The number of alkyl halides is 3. The molecule has 12 heavy (non-hydrogen) atoms. The SMILES string of the molecule is C/C(I)=C/COC(=N)C(Cl)(Cl)Cl. The van der Waals surface area contributed by atoms with Crippen molar-refractivity contribution in [2.45, 2.75) is 10.7 Å². The first-order chi connectivity index (χ1) is 5.34. The zero-order chi connectivity index (χ0) is 9.78. The molecule has 0 bridgehead atoms. The van der Waals surface area contributed by atoms with Gasteiger partial charge in [-0.15, -0.1) is 0 Å². The van der Waals surface area contributed by atoms with Crippen molar-refractivity contribution in [3.8, 4) is 0 Å². The van der Waals surface area contributed by atoms with Gasteiger partial charge < -0.3 is 4.74 Å². The van der Waals surface area contributed by atoms with Crippen molar-refractivity contribution in [1.82, 2.24) is 0 Å². The van der Waals surface area contributed by atoms with E-state index in [0.717, 1.165) is 3.58 Å². The predicted octanol–water partition coefficient (Wildman–Crippen LogP) is 3.69. The van der Waals surface area contributed by atoms with E-state index in [1.165, 1.54) is 0 Å². The Morgan fingerprint density at radius 1 is 1.58 bits per heavy atom. The Kier molecular flexibility index (Phi) is 5.89. The molecular weight excluding hydrogens is 335 g/mol. The third-order valence-electron chi connectivity index (χ3n) is 0.850. The molecule has 0 fully saturated rings. The Morgan fingerprint density at radius 2 is 2.08 bits per heavy atom. The molecule has 2 nitrogen and oxygen atoms in total. The third kappa shape index (κ3) is 6.34.